The van der Waals surface area contributed by atoms with Gasteiger partial charge >= 0.3 is 0 Å². The Balaban J connectivity index is 1.47. The van der Waals surface area contributed by atoms with E-state index in [2.05, 4.69) is 53.2 Å². The van der Waals surface area contributed by atoms with Crippen molar-refractivity contribution in [1.29, 1.82) is 0 Å². The third kappa shape index (κ3) is 4.16. The number of rotatable bonds is 4. The number of halogens is 1. The summed E-state index contributed by atoms with van der Waals surface area (Å²) < 4.78 is 0. The largest absolute Gasteiger partial charge is 0.341 e. The Labute approximate surface area is 177 Å². The number of hydrogen-bond acceptors (Lipinski definition) is 4. The van der Waals surface area contributed by atoms with Gasteiger partial charge in [-0.05, 0) is 62.1 Å². The van der Waals surface area contributed by atoms with Crippen molar-refractivity contribution in [2.24, 2.45) is 0 Å². The Hall–Kier alpha value is -2.37. The molecule has 0 radical (unpaired) electrons. The van der Waals surface area contributed by atoms with Crippen molar-refractivity contribution in [3.63, 3.8) is 0 Å². The summed E-state index contributed by atoms with van der Waals surface area (Å²) in [6.45, 7) is 8.81. The van der Waals surface area contributed by atoms with E-state index in [1.165, 1.54) is 11.1 Å². The van der Waals surface area contributed by atoms with E-state index in [9.17, 15) is 4.79 Å². The SMILES string of the molecule is CC(C)N1c2ncc(CN3CC=C(c4ccc(Cl)cc4)CC3)cc2NC(=O)C1C. The lowest BCUT2D eigenvalue weighted by Gasteiger charge is -2.38. The number of aromatic nitrogens is 1. The molecule has 0 spiro atoms. The Morgan fingerprint density at radius 3 is 2.69 bits per heavy atom. The fourth-order valence-electron chi connectivity index (χ4n) is 4.16. The van der Waals surface area contributed by atoms with Crippen molar-refractivity contribution in [2.75, 3.05) is 23.3 Å². The highest BCUT2D eigenvalue weighted by Crippen LogP contribution is 2.32. The second-order valence-electron chi connectivity index (χ2n) is 8.10. The van der Waals surface area contributed by atoms with E-state index >= 15 is 0 Å². The van der Waals surface area contributed by atoms with Crippen LogP contribution in [0.2, 0.25) is 5.02 Å². The van der Waals surface area contributed by atoms with E-state index in [-0.39, 0.29) is 18.0 Å². The molecular formula is C23H27ClN4O. The average molecular weight is 411 g/mol. The molecule has 5 nitrogen and oxygen atoms in total. The van der Waals surface area contributed by atoms with Gasteiger partial charge in [-0.3, -0.25) is 9.69 Å². The minimum absolute atomic E-state index is 0.0265. The Morgan fingerprint density at radius 1 is 1.28 bits per heavy atom. The summed E-state index contributed by atoms with van der Waals surface area (Å²) in [6, 6.07) is 10.1. The molecule has 4 rings (SSSR count). The number of pyridine rings is 1. The first-order valence-electron chi connectivity index (χ1n) is 10.2. The van der Waals surface area contributed by atoms with Crippen molar-refractivity contribution < 1.29 is 4.79 Å². The standard InChI is InChI=1S/C23H27ClN4O/c1-15(2)28-16(3)23(29)26-21-12-17(13-25-22(21)28)14-27-10-8-19(9-11-27)18-4-6-20(24)7-5-18/h4-8,12-13,15-16H,9-11,14H2,1-3H3,(H,26,29). The molecule has 1 atom stereocenters. The quantitative estimate of drug-likeness (QED) is 0.801. The molecule has 0 fully saturated rings. The summed E-state index contributed by atoms with van der Waals surface area (Å²) in [6.07, 6.45) is 5.24. The molecule has 1 N–H and O–H groups in total. The second kappa shape index (κ2) is 8.17. The predicted molar refractivity (Wildman–Crippen MR) is 119 cm³/mol. The summed E-state index contributed by atoms with van der Waals surface area (Å²) in [4.78, 5) is 21.5. The normalized spacial score (nSPS) is 19.8. The number of nitrogens with one attached hydrogen (secondary N) is 1. The smallest absolute Gasteiger partial charge is 0.246 e. The van der Waals surface area contributed by atoms with Gasteiger partial charge in [0.1, 0.15) is 6.04 Å². The molecular weight excluding hydrogens is 384 g/mol. The summed E-state index contributed by atoms with van der Waals surface area (Å²) in [5.41, 5.74) is 4.55. The average Bonchev–Trinajstić information content (AvgIpc) is 2.70. The van der Waals surface area contributed by atoms with Crippen LogP contribution in [-0.4, -0.2) is 41.0 Å². The third-order valence-electron chi connectivity index (χ3n) is 5.69. The van der Waals surface area contributed by atoms with E-state index in [1.807, 2.05) is 25.3 Å². The molecule has 1 aromatic carbocycles. The number of amides is 1. The number of carbonyl (C=O) groups excluding carboxylic acids is 1. The van der Waals surface area contributed by atoms with Crippen molar-refractivity contribution in [2.45, 2.75) is 45.8 Å². The van der Waals surface area contributed by atoms with E-state index in [0.29, 0.717) is 0 Å². The Kier molecular flexibility index (Phi) is 5.61. The molecule has 152 valence electrons. The molecule has 1 unspecified atom stereocenters. The minimum atomic E-state index is -0.209. The Morgan fingerprint density at radius 2 is 2.03 bits per heavy atom. The molecule has 0 saturated heterocycles. The first kappa shape index (κ1) is 19.9. The van der Waals surface area contributed by atoms with Gasteiger partial charge in [-0.2, -0.15) is 0 Å². The van der Waals surface area contributed by atoms with Crippen LogP contribution in [0.3, 0.4) is 0 Å². The fraction of sp³-hybridized carbons (Fsp3) is 0.391. The first-order chi connectivity index (χ1) is 13.9. The van der Waals surface area contributed by atoms with Gasteiger partial charge in [0.2, 0.25) is 5.91 Å². The maximum atomic E-state index is 12.4. The molecule has 1 aromatic heterocycles. The maximum Gasteiger partial charge on any atom is 0.246 e. The molecule has 2 aliphatic rings. The topological polar surface area (TPSA) is 48.5 Å². The number of fused-ring (bicyclic) bond motifs is 1. The lowest BCUT2D eigenvalue weighted by molar-refractivity contribution is -0.117. The number of hydrogen-bond donors (Lipinski definition) is 1. The van der Waals surface area contributed by atoms with Gasteiger partial charge in [0.25, 0.3) is 0 Å². The molecule has 0 saturated carbocycles. The number of nitrogens with zero attached hydrogens (tertiary/aromatic N) is 3. The zero-order valence-electron chi connectivity index (χ0n) is 17.2. The van der Waals surface area contributed by atoms with Crippen LogP contribution in [0.1, 0.15) is 38.3 Å². The van der Waals surface area contributed by atoms with Crippen LogP contribution in [0.25, 0.3) is 5.57 Å². The number of carbonyl (C=O) groups is 1. The Bertz CT molecular complexity index is 938. The van der Waals surface area contributed by atoms with Gasteiger partial charge in [0, 0.05) is 36.9 Å². The van der Waals surface area contributed by atoms with Crippen LogP contribution in [0.4, 0.5) is 11.5 Å². The van der Waals surface area contributed by atoms with Crippen LogP contribution < -0.4 is 10.2 Å². The van der Waals surface area contributed by atoms with Crippen molar-refractivity contribution >= 4 is 34.6 Å². The predicted octanol–water partition coefficient (Wildman–Crippen LogP) is 4.58. The van der Waals surface area contributed by atoms with Crippen LogP contribution in [0, 0.1) is 0 Å². The van der Waals surface area contributed by atoms with Crippen LogP contribution in [-0.2, 0) is 11.3 Å². The molecule has 0 bridgehead atoms. The van der Waals surface area contributed by atoms with Gasteiger partial charge < -0.3 is 10.2 Å². The summed E-state index contributed by atoms with van der Waals surface area (Å²) >= 11 is 5.99. The van der Waals surface area contributed by atoms with E-state index < -0.39 is 0 Å². The first-order valence-corrected chi connectivity index (χ1v) is 10.6. The lowest BCUT2D eigenvalue weighted by atomic mass is 9.99. The van der Waals surface area contributed by atoms with E-state index in [4.69, 9.17) is 16.6 Å². The molecule has 1 amide bonds. The van der Waals surface area contributed by atoms with Crippen molar-refractivity contribution in [3.8, 4) is 0 Å². The van der Waals surface area contributed by atoms with E-state index in [1.54, 1.807) is 0 Å². The maximum absolute atomic E-state index is 12.4. The van der Waals surface area contributed by atoms with Crippen molar-refractivity contribution in [1.82, 2.24) is 9.88 Å². The van der Waals surface area contributed by atoms with Gasteiger partial charge in [-0.25, -0.2) is 4.98 Å². The highest BCUT2D eigenvalue weighted by molar-refractivity contribution is 6.30. The van der Waals surface area contributed by atoms with Crippen LogP contribution >= 0.6 is 11.6 Å². The summed E-state index contributed by atoms with van der Waals surface area (Å²) in [5, 5.41) is 3.79. The van der Waals surface area contributed by atoms with Crippen LogP contribution in [0.5, 0.6) is 0 Å². The minimum Gasteiger partial charge on any atom is -0.341 e. The van der Waals surface area contributed by atoms with Crippen molar-refractivity contribution in [3.05, 3.63) is 58.8 Å². The van der Waals surface area contributed by atoms with E-state index in [0.717, 1.165) is 48.1 Å². The zero-order chi connectivity index (χ0) is 20.5. The van der Waals surface area contributed by atoms with Gasteiger partial charge in [0.05, 0.1) is 5.69 Å². The zero-order valence-corrected chi connectivity index (χ0v) is 17.9. The number of anilines is 2. The second-order valence-corrected chi connectivity index (χ2v) is 8.54. The van der Waals surface area contributed by atoms with Crippen LogP contribution in [0.15, 0.2) is 42.6 Å². The molecule has 3 heterocycles. The lowest BCUT2D eigenvalue weighted by Crippen LogP contribution is -2.50. The fourth-order valence-corrected chi connectivity index (χ4v) is 4.29. The highest BCUT2D eigenvalue weighted by atomic mass is 35.5. The van der Waals surface area contributed by atoms with Gasteiger partial charge in [-0.1, -0.05) is 29.8 Å². The highest BCUT2D eigenvalue weighted by Gasteiger charge is 2.32. The molecule has 2 aromatic rings. The third-order valence-corrected chi connectivity index (χ3v) is 5.95. The molecule has 0 aliphatic carbocycles. The molecule has 29 heavy (non-hydrogen) atoms. The number of benzene rings is 1. The summed E-state index contributed by atoms with van der Waals surface area (Å²) in [7, 11) is 0. The molecule has 6 heteroatoms. The monoisotopic (exact) mass is 410 g/mol. The van der Waals surface area contributed by atoms with Gasteiger partial charge in [-0.15, -0.1) is 0 Å². The van der Waals surface area contributed by atoms with Gasteiger partial charge in [0.15, 0.2) is 5.82 Å². The molecule has 2 aliphatic heterocycles. The summed E-state index contributed by atoms with van der Waals surface area (Å²) in [5.74, 6) is 0.887.